The minimum atomic E-state index is -0.440. The molecule has 0 spiro atoms. The van der Waals surface area contributed by atoms with Crippen molar-refractivity contribution in [1.29, 1.82) is 0 Å². The molecule has 1 aliphatic heterocycles. The van der Waals surface area contributed by atoms with Crippen LogP contribution in [0, 0.1) is 5.82 Å². The van der Waals surface area contributed by atoms with Crippen molar-refractivity contribution >= 4 is 17.1 Å². The van der Waals surface area contributed by atoms with Crippen LogP contribution in [0.5, 0.6) is 0 Å². The molecule has 0 atom stereocenters. The Labute approximate surface area is 177 Å². The predicted octanol–water partition coefficient (Wildman–Crippen LogP) is 0.376. The number of hydrogen-bond donors (Lipinski definition) is 1. The number of rotatable bonds is 5. The molecule has 0 aliphatic carbocycles. The van der Waals surface area contributed by atoms with Crippen molar-refractivity contribution in [3.05, 3.63) is 62.3 Å². The summed E-state index contributed by atoms with van der Waals surface area (Å²) in [4.78, 5) is 48.3. The van der Waals surface area contributed by atoms with Crippen molar-refractivity contribution in [3.8, 4) is 0 Å². The Bertz CT molecular complexity index is 1220. The number of H-pyrrole nitrogens is 1. The molecule has 2 aromatic heterocycles. The van der Waals surface area contributed by atoms with Gasteiger partial charge in [0.1, 0.15) is 17.2 Å². The highest BCUT2D eigenvalue weighted by molar-refractivity contribution is 5.76. The Morgan fingerprint density at radius 2 is 1.74 bits per heavy atom. The van der Waals surface area contributed by atoms with Gasteiger partial charge in [-0.05, 0) is 17.7 Å². The molecule has 3 aromatic rings. The van der Waals surface area contributed by atoms with E-state index in [0.717, 1.165) is 29.8 Å². The lowest BCUT2D eigenvalue weighted by molar-refractivity contribution is -0.133. The molecule has 1 fully saturated rings. The van der Waals surface area contributed by atoms with Crippen molar-refractivity contribution in [3.63, 3.8) is 0 Å². The Kier molecular flexibility index (Phi) is 5.73. The Balaban J connectivity index is 1.33. The number of amides is 1. The maximum atomic E-state index is 13.0. The highest BCUT2D eigenvalue weighted by atomic mass is 19.1. The summed E-state index contributed by atoms with van der Waals surface area (Å²) in [5, 5.41) is 0. The third-order valence-electron chi connectivity index (χ3n) is 5.76. The number of nitrogens with one attached hydrogen (secondary N) is 1. The van der Waals surface area contributed by atoms with Crippen LogP contribution in [0.25, 0.3) is 11.2 Å². The summed E-state index contributed by atoms with van der Waals surface area (Å²) in [7, 11) is 2.98. The number of carbonyl (C=O) groups is 1. The lowest BCUT2D eigenvalue weighted by Gasteiger charge is -2.34. The van der Waals surface area contributed by atoms with Gasteiger partial charge in [-0.1, -0.05) is 12.1 Å². The number of nitrogens with zero attached hydrogens (tertiary/aromatic N) is 5. The minimum absolute atomic E-state index is 0.0312. The molecular formula is C21H25FN6O3. The molecule has 1 N–H and O–H groups in total. The number of fused-ring (bicyclic) bond motifs is 1. The van der Waals surface area contributed by atoms with E-state index in [1.54, 1.807) is 19.2 Å². The smallest absolute Gasteiger partial charge is 0.332 e. The van der Waals surface area contributed by atoms with E-state index in [0.29, 0.717) is 31.0 Å². The van der Waals surface area contributed by atoms with Crippen molar-refractivity contribution in [1.82, 2.24) is 28.9 Å². The van der Waals surface area contributed by atoms with Gasteiger partial charge in [-0.3, -0.25) is 23.6 Å². The minimum Gasteiger partial charge on any atom is -0.340 e. The van der Waals surface area contributed by atoms with Crippen LogP contribution in [0.15, 0.2) is 33.9 Å². The van der Waals surface area contributed by atoms with Gasteiger partial charge in [0.15, 0.2) is 5.65 Å². The van der Waals surface area contributed by atoms with Crippen LogP contribution in [-0.4, -0.2) is 61.0 Å². The second-order valence-corrected chi connectivity index (χ2v) is 7.87. The average Bonchev–Trinajstić information content (AvgIpc) is 3.21. The van der Waals surface area contributed by atoms with E-state index in [2.05, 4.69) is 14.9 Å². The largest absolute Gasteiger partial charge is 0.340 e. The van der Waals surface area contributed by atoms with Crippen LogP contribution >= 0.6 is 0 Å². The Morgan fingerprint density at radius 1 is 1.06 bits per heavy atom. The Morgan fingerprint density at radius 3 is 2.42 bits per heavy atom. The van der Waals surface area contributed by atoms with E-state index >= 15 is 0 Å². The third-order valence-corrected chi connectivity index (χ3v) is 5.76. The molecule has 4 rings (SSSR count). The van der Waals surface area contributed by atoms with Crippen LogP contribution in [-0.2, 0) is 31.9 Å². The predicted molar refractivity (Wildman–Crippen MR) is 113 cm³/mol. The number of piperazine rings is 1. The van der Waals surface area contributed by atoms with E-state index in [-0.39, 0.29) is 23.7 Å². The van der Waals surface area contributed by atoms with Gasteiger partial charge in [-0.2, -0.15) is 0 Å². The molecular weight excluding hydrogens is 403 g/mol. The zero-order valence-corrected chi connectivity index (χ0v) is 17.6. The van der Waals surface area contributed by atoms with Gasteiger partial charge in [0.2, 0.25) is 5.91 Å². The Hall–Kier alpha value is -3.27. The summed E-state index contributed by atoms with van der Waals surface area (Å²) in [6, 6.07) is 6.48. The molecule has 0 radical (unpaired) electrons. The van der Waals surface area contributed by atoms with Gasteiger partial charge < -0.3 is 9.88 Å². The van der Waals surface area contributed by atoms with E-state index < -0.39 is 11.2 Å². The number of halogens is 1. The highest BCUT2D eigenvalue weighted by Gasteiger charge is 2.22. The molecule has 1 aliphatic rings. The number of benzene rings is 1. The van der Waals surface area contributed by atoms with Crippen molar-refractivity contribution in [2.24, 2.45) is 14.1 Å². The number of carbonyl (C=O) groups excluding carboxylic acids is 1. The van der Waals surface area contributed by atoms with Gasteiger partial charge in [-0.25, -0.2) is 14.2 Å². The zero-order valence-electron chi connectivity index (χ0n) is 17.6. The lowest BCUT2D eigenvalue weighted by Crippen LogP contribution is -2.48. The lowest BCUT2D eigenvalue weighted by atomic mass is 10.2. The molecule has 1 saturated heterocycles. The van der Waals surface area contributed by atoms with Crippen LogP contribution in [0.1, 0.15) is 17.8 Å². The topological polar surface area (TPSA) is 96.2 Å². The van der Waals surface area contributed by atoms with E-state index in [9.17, 15) is 18.8 Å². The summed E-state index contributed by atoms with van der Waals surface area (Å²) in [5.41, 5.74) is 0.739. The van der Waals surface area contributed by atoms with Gasteiger partial charge >= 0.3 is 5.69 Å². The first-order valence-corrected chi connectivity index (χ1v) is 10.2. The van der Waals surface area contributed by atoms with Crippen molar-refractivity contribution in [2.75, 3.05) is 26.2 Å². The summed E-state index contributed by atoms with van der Waals surface area (Å²) in [5.74, 6) is 0.298. The first-order valence-electron chi connectivity index (χ1n) is 10.2. The first-order chi connectivity index (χ1) is 14.8. The molecule has 1 aromatic carbocycles. The van der Waals surface area contributed by atoms with Crippen LogP contribution in [0.3, 0.4) is 0 Å². The number of imidazole rings is 1. The van der Waals surface area contributed by atoms with Gasteiger partial charge in [0.25, 0.3) is 5.56 Å². The van der Waals surface area contributed by atoms with Crippen molar-refractivity contribution in [2.45, 2.75) is 19.4 Å². The standard InChI is InChI=1S/C21H25FN6O3/c1-25-19-18(20(30)26(2)21(25)31)23-16(24-19)7-8-17(29)28-11-9-27(10-12-28)13-14-3-5-15(22)6-4-14/h3-6H,7-13H2,1-2H3,(H,23,24). The molecule has 1 amide bonds. The van der Waals surface area contributed by atoms with Gasteiger partial charge in [-0.15, -0.1) is 0 Å². The zero-order chi connectivity index (χ0) is 22.1. The van der Waals surface area contributed by atoms with Crippen LogP contribution in [0.2, 0.25) is 0 Å². The molecule has 0 unspecified atom stereocenters. The molecule has 164 valence electrons. The number of aromatic nitrogens is 4. The second-order valence-electron chi connectivity index (χ2n) is 7.87. The number of aromatic amines is 1. The highest BCUT2D eigenvalue weighted by Crippen LogP contribution is 2.12. The van der Waals surface area contributed by atoms with Crippen LogP contribution < -0.4 is 11.2 Å². The molecule has 31 heavy (non-hydrogen) atoms. The first kappa shape index (κ1) is 21.0. The second kappa shape index (κ2) is 8.46. The number of hydrogen-bond acceptors (Lipinski definition) is 5. The van der Waals surface area contributed by atoms with Gasteiger partial charge in [0.05, 0.1) is 0 Å². The summed E-state index contributed by atoms with van der Waals surface area (Å²) >= 11 is 0. The van der Waals surface area contributed by atoms with Crippen LogP contribution in [0.4, 0.5) is 4.39 Å². The summed E-state index contributed by atoms with van der Waals surface area (Å²) < 4.78 is 15.4. The fraction of sp³-hybridized carbons (Fsp3) is 0.429. The fourth-order valence-corrected chi connectivity index (χ4v) is 3.88. The maximum Gasteiger partial charge on any atom is 0.332 e. The fourth-order valence-electron chi connectivity index (χ4n) is 3.88. The summed E-state index contributed by atoms with van der Waals surface area (Å²) in [6.07, 6.45) is 0.632. The summed E-state index contributed by atoms with van der Waals surface area (Å²) in [6.45, 7) is 3.51. The molecule has 0 bridgehead atoms. The SMILES string of the molecule is Cn1c(=O)c2[nH]c(CCC(=O)N3CCN(Cc4ccc(F)cc4)CC3)nc2n(C)c1=O. The average molecular weight is 428 g/mol. The van der Waals surface area contributed by atoms with E-state index in [1.165, 1.54) is 23.7 Å². The quantitative estimate of drug-likeness (QED) is 0.634. The van der Waals surface area contributed by atoms with Crippen molar-refractivity contribution < 1.29 is 9.18 Å². The monoisotopic (exact) mass is 428 g/mol. The molecule has 0 saturated carbocycles. The third kappa shape index (κ3) is 4.29. The van der Waals surface area contributed by atoms with Gasteiger partial charge in [0, 0.05) is 59.7 Å². The van der Waals surface area contributed by atoms with E-state index in [1.807, 2.05) is 4.90 Å². The molecule has 3 heterocycles. The van der Waals surface area contributed by atoms with E-state index in [4.69, 9.17) is 0 Å². The molecule has 10 heteroatoms. The number of aryl methyl sites for hydroxylation is 2. The molecule has 9 nitrogen and oxygen atoms in total. The normalized spacial score (nSPS) is 15.0. The maximum absolute atomic E-state index is 13.0.